The molecule has 0 saturated heterocycles. The van der Waals surface area contributed by atoms with E-state index in [9.17, 15) is 10.1 Å². The third kappa shape index (κ3) is 3.61. The zero-order valence-corrected chi connectivity index (χ0v) is 16.3. The molecule has 0 spiro atoms. The van der Waals surface area contributed by atoms with Crippen molar-refractivity contribution in [1.82, 2.24) is 14.6 Å². The molecular formula is C18H17Cl2N5O2. The average molecular weight is 406 g/mol. The Morgan fingerprint density at radius 1 is 1.37 bits per heavy atom. The van der Waals surface area contributed by atoms with Crippen molar-refractivity contribution in [3.63, 3.8) is 0 Å². The van der Waals surface area contributed by atoms with Crippen LogP contribution in [0.5, 0.6) is 0 Å². The number of nitro groups is 1. The van der Waals surface area contributed by atoms with Gasteiger partial charge in [0.1, 0.15) is 11.5 Å². The standard InChI is InChI=1S/C18H17Cl2N5O2/c1-4-23(9-11(2)3)15-8-16-21-10-22-24(16)18(20)17(15)13-6-5-12(25(26)27)7-14(13)19/h5-8,10H,2,4,9H2,1,3H3. The van der Waals surface area contributed by atoms with Gasteiger partial charge >= 0.3 is 0 Å². The van der Waals surface area contributed by atoms with Gasteiger partial charge in [0.15, 0.2) is 5.65 Å². The maximum absolute atomic E-state index is 11.0. The first-order valence-corrected chi connectivity index (χ1v) is 8.95. The van der Waals surface area contributed by atoms with Gasteiger partial charge in [-0.25, -0.2) is 9.50 Å². The number of halogens is 2. The third-order valence-electron chi connectivity index (χ3n) is 4.10. The monoisotopic (exact) mass is 405 g/mol. The molecule has 9 heteroatoms. The molecule has 0 aliphatic heterocycles. The Balaban J connectivity index is 2.30. The van der Waals surface area contributed by atoms with Crippen molar-refractivity contribution < 1.29 is 4.92 Å². The predicted molar refractivity (Wildman–Crippen MR) is 108 cm³/mol. The SMILES string of the molecule is C=C(C)CN(CC)c1cc2ncnn2c(Cl)c1-c1ccc([N+](=O)[O-])cc1Cl. The molecule has 0 bridgehead atoms. The molecule has 0 aliphatic carbocycles. The Morgan fingerprint density at radius 3 is 2.70 bits per heavy atom. The number of pyridine rings is 1. The number of hydrogen-bond acceptors (Lipinski definition) is 5. The summed E-state index contributed by atoms with van der Waals surface area (Å²) in [5.74, 6) is 0. The van der Waals surface area contributed by atoms with Crippen molar-refractivity contribution in [1.29, 1.82) is 0 Å². The topological polar surface area (TPSA) is 76.6 Å². The summed E-state index contributed by atoms with van der Waals surface area (Å²) in [6.45, 7) is 9.27. The molecule has 2 aromatic heterocycles. The highest BCUT2D eigenvalue weighted by Gasteiger charge is 2.22. The van der Waals surface area contributed by atoms with E-state index in [1.54, 1.807) is 6.07 Å². The summed E-state index contributed by atoms with van der Waals surface area (Å²) in [6, 6.07) is 6.19. The van der Waals surface area contributed by atoms with Gasteiger partial charge in [0, 0.05) is 42.4 Å². The van der Waals surface area contributed by atoms with Gasteiger partial charge in [-0.15, -0.1) is 0 Å². The maximum Gasteiger partial charge on any atom is 0.270 e. The van der Waals surface area contributed by atoms with Crippen LogP contribution in [0, 0.1) is 10.1 Å². The van der Waals surface area contributed by atoms with E-state index in [1.165, 1.54) is 23.0 Å². The minimum absolute atomic E-state index is 0.0856. The predicted octanol–water partition coefficient (Wildman–Crippen LogP) is 5.01. The Kier molecular flexibility index (Phi) is 5.34. The zero-order valence-electron chi connectivity index (χ0n) is 14.8. The lowest BCUT2D eigenvalue weighted by Gasteiger charge is -2.27. The van der Waals surface area contributed by atoms with Gasteiger partial charge in [-0.2, -0.15) is 5.10 Å². The summed E-state index contributed by atoms with van der Waals surface area (Å²) in [6.07, 6.45) is 1.42. The number of rotatable bonds is 6. The van der Waals surface area contributed by atoms with E-state index >= 15 is 0 Å². The molecule has 2 heterocycles. The number of likely N-dealkylation sites (N-methyl/N-ethyl adjacent to an activating group) is 1. The number of fused-ring (bicyclic) bond motifs is 1. The van der Waals surface area contributed by atoms with E-state index in [4.69, 9.17) is 23.2 Å². The summed E-state index contributed by atoms with van der Waals surface area (Å²) in [4.78, 5) is 16.9. The van der Waals surface area contributed by atoms with E-state index in [-0.39, 0.29) is 10.7 Å². The van der Waals surface area contributed by atoms with Crippen LogP contribution in [0.1, 0.15) is 13.8 Å². The normalized spacial score (nSPS) is 11.0. The van der Waals surface area contributed by atoms with Gasteiger partial charge in [-0.3, -0.25) is 10.1 Å². The van der Waals surface area contributed by atoms with Crippen molar-refractivity contribution >= 4 is 40.2 Å². The number of nitrogens with zero attached hydrogens (tertiary/aromatic N) is 5. The summed E-state index contributed by atoms with van der Waals surface area (Å²) in [5.41, 5.74) is 3.52. The number of anilines is 1. The van der Waals surface area contributed by atoms with Crippen molar-refractivity contribution in [2.45, 2.75) is 13.8 Å². The van der Waals surface area contributed by atoms with E-state index < -0.39 is 4.92 Å². The third-order valence-corrected chi connectivity index (χ3v) is 4.77. The molecule has 0 amide bonds. The number of non-ortho nitro benzene ring substituents is 1. The largest absolute Gasteiger partial charge is 0.367 e. The molecule has 3 aromatic rings. The second kappa shape index (κ2) is 7.54. The molecular weight excluding hydrogens is 389 g/mol. The highest BCUT2D eigenvalue weighted by Crippen LogP contribution is 2.42. The van der Waals surface area contributed by atoms with Crippen molar-refractivity contribution in [2.24, 2.45) is 0 Å². The summed E-state index contributed by atoms with van der Waals surface area (Å²) in [5, 5.41) is 15.7. The first-order valence-electron chi connectivity index (χ1n) is 8.19. The van der Waals surface area contributed by atoms with Crippen LogP contribution in [-0.4, -0.2) is 32.6 Å². The summed E-state index contributed by atoms with van der Waals surface area (Å²) < 4.78 is 1.51. The van der Waals surface area contributed by atoms with Gasteiger partial charge < -0.3 is 4.90 Å². The molecule has 0 aliphatic rings. The number of benzene rings is 1. The Labute approximate surface area is 166 Å². The van der Waals surface area contributed by atoms with E-state index in [0.29, 0.717) is 35.0 Å². The van der Waals surface area contributed by atoms with E-state index in [2.05, 4.69) is 21.6 Å². The van der Waals surface area contributed by atoms with Crippen molar-refractivity contribution in [3.8, 4) is 11.1 Å². The van der Waals surface area contributed by atoms with E-state index in [1.807, 2.05) is 19.9 Å². The average Bonchev–Trinajstić information content (AvgIpc) is 3.09. The lowest BCUT2D eigenvalue weighted by Crippen LogP contribution is -2.25. The van der Waals surface area contributed by atoms with Gasteiger partial charge in [-0.05, 0) is 19.9 Å². The number of nitro benzene ring substituents is 1. The van der Waals surface area contributed by atoms with Crippen LogP contribution in [0.4, 0.5) is 11.4 Å². The lowest BCUT2D eigenvalue weighted by molar-refractivity contribution is -0.384. The quantitative estimate of drug-likeness (QED) is 0.249. The minimum atomic E-state index is -0.488. The molecule has 3 rings (SSSR count). The number of hydrogen-bond donors (Lipinski definition) is 0. The highest BCUT2D eigenvalue weighted by atomic mass is 35.5. The molecule has 1 aromatic carbocycles. The van der Waals surface area contributed by atoms with Crippen molar-refractivity contribution in [3.05, 3.63) is 63.0 Å². The fraction of sp³-hybridized carbons (Fsp3) is 0.222. The first kappa shape index (κ1) is 19.1. The molecule has 0 saturated carbocycles. The fourth-order valence-electron chi connectivity index (χ4n) is 2.92. The second-order valence-electron chi connectivity index (χ2n) is 6.12. The van der Waals surface area contributed by atoms with Gasteiger partial charge in [0.2, 0.25) is 0 Å². The zero-order chi connectivity index (χ0) is 19.7. The van der Waals surface area contributed by atoms with Crippen LogP contribution < -0.4 is 4.90 Å². The van der Waals surface area contributed by atoms with Gasteiger partial charge in [0.05, 0.1) is 15.6 Å². The smallest absolute Gasteiger partial charge is 0.270 e. The maximum atomic E-state index is 11.0. The summed E-state index contributed by atoms with van der Waals surface area (Å²) >= 11 is 13.0. The molecule has 0 N–H and O–H groups in total. The van der Waals surface area contributed by atoms with Crippen LogP contribution in [-0.2, 0) is 0 Å². The number of aromatic nitrogens is 3. The molecule has 27 heavy (non-hydrogen) atoms. The first-order chi connectivity index (χ1) is 12.8. The summed E-state index contributed by atoms with van der Waals surface area (Å²) in [7, 11) is 0. The van der Waals surface area contributed by atoms with Gasteiger partial charge in [-0.1, -0.05) is 35.4 Å². The molecule has 0 fully saturated rings. The highest BCUT2D eigenvalue weighted by molar-refractivity contribution is 6.37. The van der Waals surface area contributed by atoms with Crippen molar-refractivity contribution in [2.75, 3.05) is 18.0 Å². The minimum Gasteiger partial charge on any atom is -0.367 e. The lowest BCUT2D eigenvalue weighted by atomic mass is 10.0. The van der Waals surface area contributed by atoms with Crippen LogP contribution in [0.15, 0.2) is 42.7 Å². The Morgan fingerprint density at radius 2 is 2.11 bits per heavy atom. The Bertz CT molecular complexity index is 1050. The van der Waals surface area contributed by atoms with Crippen LogP contribution in [0.25, 0.3) is 16.8 Å². The fourth-order valence-corrected chi connectivity index (χ4v) is 3.52. The molecule has 7 nitrogen and oxygen atoms in total. The molecule has 0 radical (unpaired) electrons. The Hall–Kier alpha value is -2.64. The van der Waals surface area contributed by atoms with E-state index in [0.717, 1.165) is 11.3 Å². The molecule has 0 atom stereocenters. The van der Waals surface area contributed by atoms with Crippen LogP contribution in [0.2, 0.25) is 10.2 Å². The molecule has 140 valence electrons. The van der Waals surface area contributed by atoms with Crippen LogP contribution in [0.3, 0.4) is 0 Å². The van der Waals surface area contributed by atoms with Gasteiger partial charge in [0.25, 0.3) is 5.69 Å². The second-order valence-corrected chi connectivity index (χ2v) is 6.88. The molecule has 0 unspecified atom stereocenters. The van der Waals surface area contributed by atoms with Crippen LogP contribution >= 0.6 is 23.2 Å².